The Kier molecular flexibility index (Phi) is 4.74. The van der Waals surface area contributed by atoms with E-state index < -0.39 is 75.7 Å². The van der Waals surface area contributed by atoms with Gasteiger partial charge in [-0.15, -0.1) is 0 Å². The van der Waals surface area contributed by atoms with Gasteiger partial charge in [0.1, 0.15) is 17.1 Å². The zero-order valence-corrected chi connectivity index (χ0v) is 17.5. The number of phenolic OH excluding ortho intramolecular Hbond substituents is 1. The quantitative estimate of drug-likeness (QED) is 0.342. The number of rotatable bonds is 2. The van der Waals surface area contributed by atoms with Crippen LogP contribution in [0.1, 0.15) is 24.0 Å². The van der Waals surface area contributed by atoms with Gasteiger partial charge in [0.15, 0.2) is 17.1 Å². The van der Waals surface area contributed by atoms with Crippen LogP contribution < -0.4 is 0 Å². The lowest BCUT2D eigenvalue weighted by atomic mass is 9.54. The summed E-state index contributed by atoms with van der Waals surface area (Å²) in [4.78, 5) is 39.6. The fourth-order valence-corrected chi connectivity index (χ4v) is 5.54. The average Bonchev–Trinajstić information content (AvgIpc) is 2.70. The summed E-state index contributed by atoms with van der Waals surface area (Å²) in [7, 11) is 2.84. The van der Waals surface area contributed by atoms with Gasteiger partial charge in [-0.25, -0.2) is 4.79 Å². The van der Waals surface area contributed by atoms with E-state index in [1.54, 1.807) is 13.0 Å². The molecule has 6 atom stereocenters. The average molecular weight is 445 g/mol. The number of phenols is 1. The summed E-state index contributed by atoms with van der Waals surface area (Å²) in [5, 5.41) is 64.2. The molecule has 0 spiro atoms. The number of hydrogen-bond donors (Lipinski definition) is 6. The van der Waals surface area contributed by atoms with Crippen LogP contribution in [0.3, 0.4) is 0 Å². The van der Waals surface area contributed by atoms with E-state index in [0.29, 0.717) is 5.56 Å². The van der Waals surface area contributed by atoms with Gasteiger partial charge >= 0.3 is 5.97 Å². The van der Waals surface area contributed by atoms with Gasteiger partial charge in [0, 0.05) is 11.5 Å². The van der Waals surface area contributed by atoms with Crippen molar-refractivity contribution in [1.82, 2.24) is 4.90 Å². The van der Waals surface area contributed by atoms with E-state index in [0.717, 1.165) is 0 Å². The predicted octanol–water partition coefficient (Wildman–Crippen LogP) is 0.0951. The molecule has 0 aromatic heterocycles. The highest BCUT2D eigenvalue weighted by Crippen LogP contribution is 2.55. The first-order chi connectivity index (χ1) is 14.9. The summed E-state index contributed by atoms with van der Waals surface area (Å²) in [5.41, 5.74) is -4.18. The van der Waals surface area contributed by atoms with Gasteiger partial charge < -0.3 is 30.6 Å². The minimum Gasteiger partial charge on any atom is -0.508 e. The van der Waals surface area contributed by atoms with Gasteiger partial charge in [0.2, 0.25) is 5.78 Å². The fraction of sp³-hybridized carbons (Fsp3) is 0.409. The van der Waals surface area contributed by atoms with Crippen molar-refractivity contribution >= 4 is 23.3 Å². The van der Waals surface area contributed by atoms with Crippen LogP contribution in [0, 0.1) is 11.8 Å². The van der Waals surface area contributed by atoms with Gasteiger partial charge in [0.05, 0.1) is 23.6 Å². The number of fused-ring (bicyclic) bond motifs is 3. The van der Waals surface area contributed by atoms with Gasteiger partial charge in [0.25, 0.3) is 0 Å². The minimum absolute atomic E-state index is 0.0492. The number of carbonyl (C=O) groups is 3. The molecular formula is C22H23NO9. The Balaban J connectivity index is 2.07. The molecule has 1 saturated carbocycles. The molecule has 1 aromatic rings. The maximum Gasteiger partial charge on any atom is 0.342 e. The highest BCUT2D eigenvalue weighted by Gasteiger charge is 2.68. The zero-order chi connectivity index (χ0) is 23.9. The number of aliphatic carboxylic acids is 1. The van der Waals surface area contributed by atoms with Crippen molar-refractivity contribution in [1.29, 1.82) is 0 Å². The van der Waals surface area contributed by atoms with Crippen LogP contribution in [0.4, 0.5) is 0 Å². The normalized spacial score (nSPS) is 34.4. The lowest BCUT2D eigenvalue weighted by Gasteiger charge is -2.53. The van der Waals surface area contributed by atoms with E-state index >= 15 is 0 Å². The number of aliphatic hydroxyl groups excluding tert-OH is 3. The molecule has 0 unspecified atom stereocenters. The maximum atomic E-state index is 13.6. The fourth-order valence-electron chi connectivity index (χ4n) is 5.54. The first-order valence-electron chi connectivity index (χ1n) is 9.95. The molecule has 32 heavy (non-hydrogen) atoms. The Morgan fingerprint density at radius 2 is 1.75 bits per heavy atom. The lowest BCUT2D eigenvalue weighted by Crippen LogP contribution is -2.70. The van der Waals surface area contributed by atoms with Crippen molar-refractivity contribution < 1.29 is 45.0 Å². The second kappa shape index (κ2) is 6.89. The molecule has 0 saturated heterocycles. The molecule has 0 aliphatic heterocycles. The molecule has 0 heterocycles. The third kappa shape index (κ3) is 2.48. The molecule has 3 aliphatic rings. The van der Waals surface area contributed by atoms with Crippen LogP contribution in [0.15, 0.2) is 35.1 Å². The van der Waals surface area contributed by atoms with Gasteiger partial charge in [-0.2, -0.15) is 0 Å². The van der Waals surface area contributed by atoms with E-state index in [9.17, 15) is 45.0 Å². The number of nitrogens with zero attached hydrogens (tertiary/aromatic N) is 1. The number of carboxylic acid groups (broad SMARTS) is 1. The Morgan fingerprint density at radius 3 is 2.31 bits per heavy atom. The number of benzene rings is 1. The molecular weight excluding hydrogens is 422 g/mol. The summed E-state index contributed by atoms with van der Waals surface area (Å²) in [5.74, 6) is -9.83. The Labute approximate surface area is 182 Å². The number of likely N-dealkylation sites (N-methyl/N-ethyl adjacent to an activating group) is 1. The summed E-state index contributed by atoms with van der Waals surface area (Å²) < 4.78 is 0. The van der Waals surface area contributed by atoms with Crippen LogP contribution in [0.2, 0.25) is 0 Å². The number of carboxylic acids is 1. The van der Waals surface area contributed by atoms with Crippen molar-refractivity contribution in [3.63, 3.8) is 0 Å². The topological polar surface area (TPSA) is 176 Å². The molecule has 0 radical (unpaired) electrons. The minimum atomic E-state index is -2.97. The van der Waals surface area contributed by atoms with Crippen molar-refractivity contribution in [3.8, 4) is 5.75 Å². The van der Waals surface area contributed by atoms with Crippen LogP contribution in [-0.2, 0) is 14.4 Å². The molecule has 3 aliphatic carbocycles. The second-order valence-corrected chi connectivity index (χ2v) is 8.73. The molecule has 170 valence electrons. The number of carbonyl (C=O) groups excluding carboxylic acids is 2. The molecule has 1 fully saturated rings. The number of ketones is 2. The van der Waals surface area contributed by atoms with Gasteiger partial charge in [-0.1, -0.05) is 19.1 Å². The third-order valence-corrected chi connectivity index (χ3v) is 6.96. The first-order valence-corrected chi connectivity index (χ1v) is 9.95. The molecule has 6 N–H and O–H groups in total. The third-order valence-electron chi connectivity index (χ3n) is 6.96. The monoisotopic (exact) mass is 445 g/mol. The number of aromatic hydroxyl groups is 1. The number of Topliss-reactive ketones (excluding diaryl/α,β-unsaturated/α-hetero) is 2. The maximum absolute atomic E-state index is 13.6. The number of hydrogen-bond acceptors (Lipinski definition) is 9. The van der Waals surface area contributed by atoms with E-state index in [-0.39, 0.29) is 11.3 Å². The molecule has 0 bridgehead atoms. The summed E-state index contributed by atoms with van der Waals surface area (Å²) in [6.07, 6.45) is -1.63. The van der Waals surface area contributed by atoms with Crippen LogP contribution in [-0.4, -0.2) is 84.9 Å². The van der Waals surface area contributed by atoms with Crippen molar-refractivity contribution in [3.05, 3.63) is 46.2 Å². The molecule has 1 aromatic carbocycles. The predicted molar refractivity (Wildman–Crippen MR) is 109 cm³/mol. The van der Waals surface area contributed by atoms with Gasteiger partial charge in [-0.3, -0.25) is 14.5 Å². The van der Waals surface area contributed by atoms with Crippen LogP contribution >= 0.6 is 0 Å². The molecule has 10 heteroatoms. The largest absolute Gasteiger partial charge is 0.508 e. The molecule has 4 rings (SSSR count). The van der Waals surface area contributed by atoms with Crippen molar-refractivity contribution in [2.75, 3.05) is 14.1 Å². The highest BCUT2D eigenvalue weighted by molar-refractivity contribution is 6.23. The SMILES string of the molecule is C[C@@H]1c2cccc(O)c2C(O)=C2C(=O)[C@]3(O)C(O)=C(C(=O)O)C(=O)[C@H](N(C)C)[C@H]3[C@H](O)[C@H]21. The Hall–Kier alpha value is -3.21. The highest BCUT2D eigenvalue weighted by atomic mass is 16.4. The molecule has 0 amide bonds. The lowest BCUT2D eigenvalue weighted by molar-refractivity contribution is -0.170. The standard InChI is InChI=1S/C22H23NO9/c1-7-8-5-4-6-9(24)11(8)16(25)12-10(7)17(26)14-15(23(2)3)18(27)13(21(30)31)20(29)22(14,32)19(12)28/h4-7,10,14-15,17,24-26,29,32H,1-3H3,(H,30,31)/t7-,10+,14+,15-,17-,22+/m1/s1. The van der Waals surface area contributed by atoms with Crippen LogP contribution in [0.5, 0.6) is 5.75 Å². The number of aliphatic hydroxyl groups is 4. The first kappa shape index (κ1) is 22.0. The Morgan fingerprint density at radius 1 is 1.12 bits per heavy atom. The van der Waals surface area contributed by atoms with E-state index in [2.05, 4.69) is 0 Å². The van der Waals surface area contributed by atoms with Crippen LogP contribution in [0.25, 0.3) is 5.76 Å². The van der Waals surface area contributed by atoms with Crippen molar-refractivity contribution in [2.45, 2.75) is 30.6 Å². The molecule has 10 nitrogen and oxygen atoms in total. The van der Waals surface area contributed by atoms with E-state index in [1.807, 2.05) is 0 Å². The summed E-state index contributed by atoms with van der Waals surface area (Å²) in [6.45, 7) is 1.66. The smallest absolute Gasteiger partial charge is 0.342 e. The van der Waals surface area contributed by atoms with Crippen molar-refractivity contribution in [2.24, 2.45) is 11.8 Å². The van der Waals surface area contributed by atoms with Gasteiger partial charge in [-0.05, 0) is 31.6 Å². The Bertz CT molecular complexity index is 1130. The zero-order valence-electron chi connectivity index (χ0n) is 17.5. The summed E-state index contributed by atoms with van der Waals surface area (Å²) >= 11 is 0. The summed E-state index contributed by atoms with van der Waals surface area (Å²) in [6, 6.07) is 3.00. The van der Waals surface area contributed by atoms with E-state index in [1.165, 1.54) is 31.1 Å². The second-order valence-electron chi connectivity index (χ2n) is 8.73. The van der Waals surface area contributed by atoms with E-state index in [4.69, 9.17) is 0 Å².